The van der Waals surface area contributed by atoms with E-state index in [1.807, 2.05) is 11.3 Å². The maximum Gasteiger partial charge on any atom is 0.0529 e. The zero-order chi connectivity index (χ0) is 11.1. The van der Waals surface area contributed by atoms with Crippen LogP contribution in [0.15, 0.2) is 12.1 Å². The van der Waals surface area contributed by atoms with E-state index in [-0.39, 0.29) is 5.54 Å². The minimum absolute atomic E-state index is 0.0502. The van der Waals surface area contributed by atoms with Crippen molar-refractivity contribution in [3.05, 3.63) is 21.9 Å². The Balaban J connectivity index is 2.26. The maximum absolute atomic E-state index is 6.61. The third kappa shape index (κ3) is 1.98. The lowest BCUT2D eigenvalue weighted by molar-refractivity contribution is 0.168. The Morgan fingerprint density at radius 2 is 2.13 bits per heavy atom. The van der Waals surface area contributed by atoms with Crippen LogP contribution < -0.4 is 5.73 Å². The van der Waals surface area contributed by atoms with E-state index in [4.69, 9.17) is 5.73 Å². The summed E-state index contributed by atoms with van der Waals surface area (Å²) < 4.78 is 0. The normalized spacial score (nSPS) is 36.8. The van der Waals surface area contributed by atoms with Crippen LogP contribution in [0.3, 0.4) is 0 Å². The predicted octanol–water partition coefficient (Wildman–Crippen LogP) is 3.67. The van der Waals surface area contributed by atoms with Gasteiger partial charge in [-0.3, -0.25) is 0 Å². The summed E-state index contributed by atoms with van der Waals surface area (Å²) in [6, 6.07) is 4.42. The number of rotatable bonds is 1. The highest BCUT2D eigenvalue weighted by molar-refractivity contribution is 7.12. The average Bonchev–Trinajstić information content (AvgIpc) is 2.60. The molecule has 1 aliphatic rings. The Morgan fingerprint density at radius 1 is 1.40 bits per heavy atom. The summed E-state index contributed by atoms with van der Waals surface area (Å²) in [5, 5.41) is 0. The largest absolute Gasteiger partial charge is 0.321 e. The summed E-state index contributed by atoms with van der Waals surface area (Å²) >= 11 is 1.87. The lowest BCUT2D eigenvalue weighted by atomic mass is 9.70. The molecule has 0 spiro atoms. The van der Waals surface area contributed by atoms with Crippen molar-refractivity contribution in [2.45, 2.75) is 45.6 Å². The summed E-state index contributed by atoms with van der Waals surface area (Å²) in [5.74, 6) is 1.46. The van der Waals surface area contributed by atoms with E-state index in [1.165, 1.54) is 22.6 Å². The fourth-order valence-electron chi connectivity index (χ4n) is 2.71. The van der Waals surface area contributed by atoms with Crippen LogP contribution in [-0.4, -0.2) is 0 Å². The smallest absolute Gasteiger partial charge is 0.0529 e. The molecule has 2 N–H and O–H groups in total. The SMILES string of the molecule is Cc1ccc(C2(N)CCC(C)CC2C)s1. The summed E-state index contributed by atoms with van der Waals surface area (Å²) in [6.07, 6.45) is 3.69. The van der Waals surface area contributed by atoms with Gasteiger partial charge in [0.1, 0.15) is 0 Å². The topological polar surface area (TPSA) is 26.0 Å². The van der Waals surface area contributed by atoms with Crippen molar-refractivity contribution in [1.29, 1.82) is 0 Å². The fourth-order valence-corrected chi connectivity index (χ4v) is 3.83. The zero-order valence-electron chi connectivity index (χ0n) is 9.92. The van der Waals surface area contributed by atoms with Crippen molar-refractivity contribution < 1.29 is 0 Å². The van der Waals surface area contributed by atoms with Gasteiger partial charge in [0.25, 0.3) is 0 Å². The van der Waals surface area contributed by atoms with Crippen LogP contribution in [0.2, 0.25) is 0 Å². The standard InChI is InChI=1S/C13H21NS/c1-9-6-7-13(14,10(2)8-9)12-5-4-11(3)15-12/h4-5,9-10H,6-8,14H2,1-3H3. The summed E-state index contributed by atoms with van der Waals surface area (Å²) in [6.45, 7) is 6.81. The number of nitrogens with two attached hydrogens (primary N) is 1. The van der Waals surface area contributed by atoms with Crippen molar-refractivity contribution in [3.8, 4) is 0 Å². The van der Waals surface area contributed by atoms with Gasteiger partial charge >= 0.3 is 0 Å². The van der Waals surface area contributed by atoms with E-state index < -0.39 is 0 Å². The molecular formula is C13H21NS. The van der Waals surface area contributed by atoms with Gasteiger partial charge in [-0.1, -0.05) is 13.8 Å². The molecule has 0 bridgehead atoms. The molecule has 1 heterocycles. The van der Waals surface area contributed by atoms with Crippen LogP contribution in [-0.2, 0) is 5.54 Å². The quantitative estimate of drug-likeness (QED) is 0.772. The van der Waals surface area contributed by atoms with Crippen molar-refractivity contribution >= 4 is 11.3 Å². The minimum Gasteiger partial charge on any atom is -0.321 e. The highest BCUT2D eigenvalue weighted by Crippen LogP contribution is 2.43. The molecule has 3 atom stereocenters. The Bertz CT molecular complexity index is 344. The van der Waals surface area contributed by atoms with Crippen molar-refractivity contribution in [2.24, 2.45) is 17.6 Å². The molecule has 84 valence electrons. The molecule has 1 saturated carbocycles. The second kappa shape index (κ2) is 3.91. The molecule has 1 nitrogen and oxygen atoms in total. The van der Waals surface area contributed by atoms with Crippen molar-refractivity contribution in [3.63, 3.8) is 0 Å². The molecule has 0 aliphatic heterocycles. The average molecular weight is 223 g/mol. The molecule has 2 rings (SSSR count). The first-order chi connectivity index (χ1) is 7.02. The Hall–Kier alpha value is -0.340. The van der Waals surface area contributed by atoms with Crippen LogP contribution in [0.25, 0.3) is 0 Å². The van der Waals surface area contributed by atoms with Crippen molar-refractivity contribution in [2.75, 3.05) is 0 Å². The molecule has 0 radical (unpaired) electrons. The van der Waals surface area contributed by atoms with E-state index in [0.29, 0.717) is 5.92 Å². The number of aryl methyl sites for hydroxylation is 1. The molecule has 1 aromatic rings. The van der Waals surface area contributed by atoms with E-state index in [1.54, 1.807) is 0 Å². The lowest BCUT2D eigenvalue weighted by Gasteiger charge is -2.41. The molecule has 1 aromatic heterocycles. The van der Waals surface area contributed by atoms with Gasteiger partial charge in [0, 0.05) is 9.75 Å². The third-order valence-electron chi connectivity index (χ3n) is 3.89. The molecule has 3 unspecified atom stereocenters. The second-order valence-corrected chi connectivity index (χ2v) is 6.52. The van der Waals surface area contributed by atoms with Crippen LogP contribution in [0.4, 0.5) is 0 Å². The van der Waals surface area contributed by atoms with Crippen LogP contribution >= 0.6 is 11.3 Å². The van der Waals surface area contributed by atoms with Gasteiger partial charge in [-0.15, -0.1) is 11.3 Å². The molecule has 15 heavy (non-hydrogen) atoms. The Labute approximate surface area is 96.7 Å². The van der Waals surface area contributed by atoms with Gasteiger partial charge in [0.05, 0.1) is 5.54 Å². The van der Waals surface area contributed by atoms with E-state index in [2.05, 4.69) is 32.9 Å². The van der Waals surface area contributed by atoms with E-state index in [0.717, 1.165) is 12.3 Å². The fraction of sp³-hybridized carbons (Fsp3) is 0.692. The molecule has 0 saturated heterocycles. The van der Waals surface area contributed by atoms with E-state index >= 15 is 0 Å². The van der Waals surface area contributed by atoms with Gasteiger partial charge in [-0.25, -0.2) is 0 Å². The first-order valence-corrected chi connectivity index (χ1v) is 6.70. The summed E-state index contributed by atoms with van der Waals surface area (Å²) in [5.41, 5.74) is 6.56. The maximum atomic E-state index is 6.61. The predicted molar refractivity (Wildman–Crippen MR) is 67.1 cm³/mol. The van der Waals surface area contributed by atoms with Crippen molar-refractivity contribution in [1.82, 2.24) is 0 Å². The number of hydrogen-bond acceptors (Lipinski definition) is 2. The molecule has 1 fully saturated rings. The Morgan fingerprint density at radius 3 is 2.67 bits per heavy atom. The first kappa shape index (κ1) is 11.2. The minimum atomic E-state index is -0.0502. The molecule has 0 amide bonds. The van der Waals surface area contributed by atoms with Crippen LogP contribution in [0.5, 0.6) is 0 Å². The molecule has 1 aliphatic carbocycles. The lowest BCUT2D eigenvalue weighted by Crippen LogP contribution is -2.46. The first-order valence-electron chi connectivity index (χ1n) is 5.88. The van der Waals surface area contributed by atoms with E-state index in [9.17, 15) is 0 Å². The summed E-state index contributed by atoms with van der Waals surface area (Å²) in [7, 11) is 0. The van der Waals surface area contributed by atoms with Gasteiger partial charge in [-0.05, 0) is 50.2 Å². The zero-order valence-corrected chi connectivity index (χ0v) is 10.7. The van der Waals surface area contributed by atoms with Gasteiger partial charge in [0.15, 0.2) is 0 Å². The molecule has 0 aromatic carbocycles. The third-order valence-corrected chi connectivity index (χ3v) is 5.08. The summed E-state index contributed by atoms with van der Waals surface area (Å²) in [4.78, 5) is 2.76. The second-order valence-electron chi connectivity index (χ2n) is 5.23. The number of thiophene rings is 1. The highest BCUT2D eigenvalue weighted by atomic mass is 32.1. The van der Waals surface area contributed by atoms with Crippen LogP contribution in [0.1, 0.15) is 42.9 Å². The molecular weight excluding hydrogens is 202 g/mol. The monoisotopic (exact) mass is 223 g/mol. The number of hydrogen-bond donors (Lipinski definition) is 1. The molecule has 2 heteroatoms. The van der Waals surface area contributed by atoms with Gasteiger partial charge in [-0.2, -0.15) is 0 Å². The van der Waals surface area contributed by atoms with Gasteiger partial charge < -0.3 is 5.73 Å². The van der Waals surface area contributed by atoms with Crippen LogP contribution in [0, 0.1) is 18.8 Å². The van der Waals surface area contributed by atoms with Gasteiger partial charge in [0.2, 0.25) is 0 Å². The Kier molecular flexibility index (Phi) is 2.91. The highest BCUT2D eigenvalue weighted by Gasteiger charge is 2.38.